The van der Waals surface area contributed by atoms with Crippen molar-refractivity contribution in [2.75, 3.05) is 5.75 Å². The van der Waals surface area contributed by atoms with E-state index in [2.05, 4.69) is 22.9 Å². The van der Waals surface area contributed by atoms with Crippen molar-refractivity contribution in [3.05, 3.63) is 34.3 Å². The van der Waals surface area contributed by atoms with Crippen molar-refractivity contribution < 1.29 is 13.2 Å². The van der Waals surface area contributed by atoms with E-state index < -0.39 is 9.84 Å². The minimum Gasteiger partial charge on any atom is -0.293 e. The molecular weight excluding hydrogens is 340 g/mol. The highest BCUT2D eigenvalue weighted by molar-refractivity contribution is 9.10. The smallest absolute Gasteiger partial charge is 0.177 e. The highest BCUT2D eigenvalue weighted by Gasteiger charge is 2.31. The molecule has 0 saturated heterocycles. The summed E-state index contributed by atoms with van der Waals surface area (Å²) in [5, 5.41) is -0.342. The number of hydrogen-bond donors (Lipinski definition) is 0. The molecule has 0 radical (unpaired) electrons. The third kappa shape index (κ3) is 3.92. The first kappa shape index (κ1) is 15.7. The summed E-state index contributed by atoms with van der Waals surface area (Å²) in [4.78, 5) is 12.1. The van der Waals surface area contributed by atoms with E-state index in [0.717, 1.165) is 17.3 Å². The molecule has 1 aliphatic carbocycles. The minimum absolute atomic E-state index is 0.310. The first-order valence-electron chi connectivity index (χ1n) is 6.89. The van der Waals surface area contributed by atoms with Crippen LogP contribution >= 0.6 is 15.9 Å². The number of carbonyl (C=O) groups is 1. The van der Waals surface area contributed by atoms with Gasteiger partial charge in [-0.3, -0.25) is 4.79 Å². The molecule has 1 aromatic carbocycles. The molecule has 2 atom stereocenters. The van der Waals surface area contributed by atoms with E-state index in [1.165, 1.54) is 0 Å². The molecule has 0 bridgehead atoms. The number of sulfone groups is 1. The Labute approximate surface area is 128 Å². The zero-order valence-electron chi connectivity index (χ0n) is 11.5. The fraction of sp³-hybridized carbons (Fsp3) is 0.533. The van der Waals surface area contributed by atoms with Crippen LogP contribution in [0.2, 0.25) is 0 Å². The molecule has 0 spiro atoms. The maximum atomic E-state index is 12.4. The van der Waals surface area contributed by atoms with E-state index in [9.17, 15) is 13.2 Å². The van der Waals surface area contributed by atoms with Crippen molar-refractivity contribution in [3.8, 4) is 0 Å². The van der Waals surface area contributed by atoms with Crippen LogP contribution in [0.3, 0.4) is 0 Å². The monoisotopic (exact) mass is 358 g/mol. The molecule has 1 aromatic rings. The van der Waals surface area contributed by atoms with Gasteiger partial charge in [0, 0.05) is 10.0 Å². The van der Waals surface area contributed by atoms with Crippen molar-refractivity contribution in [3.63, 3.8) is 0 Å². The average Bonchev–Trinajstić information content (AvgIpc) is 2.39. The van der Waals surface area contributed by atoms with Crippen LogP contribution in [0.15, 0.2) is 28.7 Å². The Bertz CT molecular complexity index is 578. The van der Waals surface area contributed by atoms with Crippen LogP contribution in [0.1, 0.15) is 43.0 Å². The molecule has 0 amide bonds. The minimum atomic E-state index is -3.34. The van der Waals surface area contributed by atoms with E-state index in [4.69, 9.17) is 0 Å². The van der Waals surface area contributed by atoms with Gasteiger partial charge in [0.1, 0.15) is 5.75 Å². The van der Waals surface area contributed by atoms with Crippen molar-refractivity contribution in [1.82, 2.24) is 0 Å². The van der Waals surface area contributed by atoms with Gasteiger partial charge in [0.2, 0.25) is 0 Å². The van der Waals surface area contributed by atoms with Gasteiger partial charge in [0.15, 0.2) is 15.6 Å². The molecule has 2 unspecified atom stereocenters. The summed E-state index contributed by atoms with van der Waals surface area (Å²) in [6, 6.07) is 6.82. The number of ketones is 1. The predicted octanol–water partition coefficient (Wildman–Crippen LogP) is 3.63. The number of Topliss-reactive ketones (excluding diaryl/α,β-unsaturated/α-hetero) is 1. The van der Waals surface area contributed by atoms with Gasteiger partial charge in [0.25, 0.3) is 0 Å². The Hall–Kier alpha value is -0.680. The Morgan fingerprint density at radius 1 is 1.25 bits per heavy atom. The third-order valence-corrected chi connectivity index (χ3v) is 6.53. The lowest BCUT2D eigenvalue weighted by Crippen LogP contribution is -2.32. The van der Waals surface area contributed by atoms with Gasteiger partial charge in [0.05, 0.1) is 5.25 Å². The summed E-state index contributed by atoms with van der Waals surface area (Å²) in [6.45, 7) is 2.08. The maximum absolute atomic E-state index is 12.4. The number of halogens is 1. The summed E-state index contributed by atoms with van der Waals surface area (Å²) in [7, 11) is -3.34. The highest BCUT2D eigenvalue weighted by Crippen LogP contribution is 2.29. The van der Waals surface area contributed by atoms with Crippen LogP contribution in [0.25, 0.3) is 0 Å². The molecule has 0 aliphatic heterocycles. The second-order valence-electron chi connectivity index (χ2n) is 5.63. The number of hydrogen-bond acceptors (Lipinski definition) is 3. The Balaban J connectivity index is 2.07. The van der Waals surface area contributed by atoms with E-state index in [0.29, 0.717) is 24.3 Å². The van der Waals surface area contributed by atoms with Gasteiger partial charge >= 0.3 is 0 Å². The molecule has 20 heavy (non-hydrogen) atoms. The molecule has 1 aliphatic rings. The predicted molar refractivity (Wildman–Crippen MR) is 83.7 cm³/mol. The molecular formula is C15H19BrO3S. The summed E-state index contributed by atoms with van der Waals surface area (Å²) < 4.78 is 25.6. The lowest BCUT2D eigenvalue weighted by Gasteiger charge is -2.26. The Morgan fingerprint density at radius 2 is 1.90 bits per heavy atom. The van der Waals surface area contributed by atoms with Crippen LogP contribution in [-0.4, -0.2) is 25.2 Å². The molecule has 110 valence electrons. The number of benzene rings is 1. The van der Waals surface area contributed by atoms with Crippen molar-refractivity contribution in [2.45, 2.75) is 37.9 Å². The molecule has 1 saturated carbocycles. The second kappa shape index (κ2) is 6.39. The Morgan fingerprint density at radius 3 is 2.50 bits per heavy atom. The summed E-state index contributed by atoms with van der Waals surface area (Å²) >= 11 is 3.30. The summed E-state index contributed by atoms with van der Waals surface area (Å²) in [5.74, 6) is -0.242. The third-order valence-electron chi connectivity index (χ3n) is 3.89. The summed E-state index contributed by atoms with van der Waals surface area (Å²) in [6.07, 6.45) is 3.42. The molecule has 0 heterocycles. The van der Waals surface area contributed by atoms with Crippen LogP contribution in [-0.2, 0) is 9.84 Å². The molecule has 1 fully saturated rings. The number of carbonyl (C=O) groups excluding carboxylic acids is 1. The van der Waals surface area contributed by atoms with Crippen LogP contribution < -0.4 is 0 Å². The van der Waals surface area contributed by atoms with E-state index in [-0.39, 0.29) is 16.8 Å². The fourth-order valence-corrected chi connectivity index (χ4v) is 4.90. The second-order valence-corrected chi connectivity index (χ2v) is 8.83. The van der Waals surface area contributed by atoms with Gasteiger partial charge in [-0.15, -0.1) is 0 Å². The van der Waals surface area contributed by atoms with Crippen LogP contribution in [0.5, 0.6) is 0 Å². The van der Waals surface area contributed by atoms with Gasteiger partial charge in [-0.25, -0.2) is 8.42 Å². The lowest BCUT2D eigenvalue weighted by atomic mass is 9.91. The summed E-state index contributed by atoms with van der Waals surface area (Å²) in [5.41, 5.74) is 0.459. The quantitative estimate of drug-likeness (QED) is 0.772. The van der Waals surface area contributed by atoms with Gasteiger partial charge < -0.3 is 0 Å². The normalized spacial score (nSPS) is 23.5. The van der Waals surface area contributed by atoms with Gasteiger partial charge in [-0.1, -0.05) is 47.8 Å². The van der Waals surface area contributed by atoms with Crippen molar-refractivity contribution >= 4 is 31.6 Å². The molecule has 0 aromatic heterocycles. The zero-order valence-corrected chi connectivity index (χ0v) is 13.9. The number of rotatable bonds is 4. The highest BCUT2D eigenvalue weighted by atomic mass is 79.9. The van der Waals surface area contributed by atoms with E-state index in [1.807, 2.05) is 0 Å². The molecule has 0 N–H and O–H groups in total. The first-order chi connectivity index (χ1) is 9.38. The van der Waals surface area contributed by atoms with Crippen molar-refractivity contribution in [2.24, 2.45) is 5.92 Å². The standard InChI is InChI=1S/C15H19BrO3S/c1-11-3-2-4-14(9-11)20(18,19)10-15(17)12-5-7-13(16)8-6-12/h5-8,11,14H,2-4,9-10H2,1H3. The topological polar surface area (TPSA) is 51.2 Å². The largest absolute Gasteiger partial charge is 0.293 e. The van der Waals surface area contributed by atoms with Gasteiger partial charge in [-0.2, -0.15) is 0 Å². The van der Waals surface area contributed by atoms with Crippen LogP contribution in [0, 0.1) is 5.92 Å². The SMILES string of the molecule is CC1CCCC(S(=O)(=O)CC(=O)c2ccc(Br)cc2)C1. The first-order valence-corrected chi connectivity index (χ1v) is 9.39. The van der Waals surface area contributed by atoms with E-state index in [1.54, 1.807) is 24.3 Å². The lowest BCUT2D eigenvalue weighted by molar-refractivity contribution is 0.102. The fourth-order valence-electron chi connectivity index (χ4n) is 2.72. The van der Waals surface area contributed by atoms with Crippen molar-refractivity contribution in [1.29, 1.82) is 0 Å². The van der Waals surface area contributed by atoms with Gasteiger partial charge in [-0.05, 0) is 30.9 Å². The van der Waals surface area contributed by atoms with E-state index >= 15 is 0 Å². The average molecular weight is 359 g/mol. The maximum Gasteiger partial charge on any atom is 0.177 e. The molecule has 2 rings (SSSR count). The Kier molecular flexibility index (Phi) is 5.02. The van der Waals surface area contributed by atoms with Crippen LogP contribution in [0.4, 0.5) is 0 Å². The molecule has 3 nitrogen and oxygen atoms in total. The zero-order chi connectivity index (χ0) is 14.8. The molecule has 5 heteroatoms.